The summed E-state index contributed by atoms with van der Waals surface area (Å²) in [5.74, 6) is -0.0612. The highest BCUT2D eigenvalue weighted by atomic mass is 79.9. The van der Waals surface area contributed by atoms with Crippen LogP contribution in [0.4, 0.5) is 0 Å². The Hall–Kier alpha value is -1.18. The number of hydrogen-bond donors (Lipinski definition) is 1. The highest BCUT2D eigenvalue weighted by Gasteiger charge is 2.06. The second-order valence-corrected chi connectivity index (χ2v) is 5.62. The number of carbonyl (C=O) groups is 1. The Morgan fingerprint density at radius 2 is 2.42 bits per heavy atom. The molecule has 0 saturated carbocycles. The third-order valence-corrected chi connectivity index (χ3v) is 4.07. The van der Waals surface area contributed by atoms with E-state index in [-0.39, 0.29) is 5.91 Å². The molecule has 2 heterocycles. The van der Waals surface area contributed by atoms with Crippen LogP contribution in [-0.2, 0) is 11.3 Å². The van der Waals surface area contributed by atoms with Crippen LogP contribution in [0.5, 0.6) is 0 Å². The van der Waals surface area contributed by atoms with Crippen molar-refractivity contribution < 1.29 is 9.53 Å². The Balaban J connectivity index is 1.55. The average molecular weight is 344 g/mol. The van der Waals surface area contributed by atoms with Crippen LogP contribution in [0.2, 0.25) is 0 Å². The van der Waals surface area contributed by atoms with Gasteiger partial charge in [0.05, 0.1) is 24.4 Å². The Labute approximate surface area is 123 Å². The third kappa shape index (κ3) is 4.77. The normalized spacial score (nSPS) is 10.6. The Morgan fingerprint density at radius 3 is 3.11 bits per heavy atom. The summed E-state index contributed by atoms with van der Waals surface area (Å²) >= 11 is 4.73. The average Bonchev–Trinajstić information content (AvgIpc) is 3.04. The molecule has 102 valence electrons. The van der Waals surface area contributed by atoms with Crippen molar-refractivity contribution >= 4 is 33.2 Å². The standard InChI is InChI=1S/C12H14BrN3O2S/c13-10-7-11(19-8-10)12(17)15-2-5-18-6-4-16-3-1-14-9-16/h1,3,7-9H,2,4-6H2,(H,15,17). The van der Waals surface area contributed by atoms with Crippen molar-refractivity contribution in [2.45, 2.75) is 6.54 Å². The van der Waals surface area contributed by atoms with Crippen molar-refractivity contribution in [2.24, 2.45) is 0 Å². The fourth-order valence-corrected chi connectivity index (χ4v) is 2.79. The molecule has 0 aromatic carbocycles. The van der Waals surface area contributed by atoms with Gasteiger partial charge >= 0.3 is 0 Å². The van der Waals surface area contributed by atoms with Gasteiger partial charge in [-0.2, -0.15) is 0 Å². The Bertz CT molecular complexity index is 513. The number of ether oxygens (including phenoxy) is 1. The smallest absolute Gasteiger partial charge is 0.261 e. The van der Waals surface area contributed by atoms with Crippen LogP contribution >= 0.6 is 27.3 Å². The summed E-state index contributed by atoms with van der Waals surface area (Å²) in [6.07, 6.45) is 5.37. The zero-order valence-electron chi connectivity index (χ0n) is 10.2. The Kier molecular flexibility index (Phi) is 5.56. The van der Waals surface area contributed by atoms with Crippen LogP contribution in [0.25, 0.3) is 0 Å². The molecule has 0 saturated heterocycles. The summed E-state index contributed by atoms with van der Waals surface area (Å²) in [7, 11) is 0. The van der Waals surface area contributed by atoms with Crippen LogP contribution in [0.1, 0.15) is 9.67 Å². The summed E-state index contributed by atoms with van der Waals surface area (Å²) in [4.78, 5) is 16.3. The van der Waals surface area contributed by atoms with E-state index < -0.39 is 0 Å². The summed E-state index contributed by atoms with van der Waals surface area (Å²) in [6, 6.07) is 1.81. The largest absolute Gasteiger partial charge is 0.378 e. The number of halogens is 1. The highest BCUT2D eigenvalue weighted by Crippen LogP contribution is 2.19. The van der Waals surface area contributed by atoms with Crippen molar-refractivity contribution in [3.05, 3.63) is 39.5 Å². The van der Waals surface area contributed by atoms with Crippen molar-refractivity contribution in [3.63, 3.8) is 0 Å². The molecule has 0 bridgehead atoms. The number of nitrogens with one attached hydrogen (secondary N) is 1. The minimum atomic E-state index is -0.0612. The molecule has 1 amide bonds. The molecule has 0 unspecified atom stereocenters. The highest BCUT2D eigenvalue weighted by molar-refractivity contribution is 9.10. The number of nitrogens with zero attached hydrogens (tertiary/aromatic N) is 2. The van der Waals surface area contributed by atoms with E-state index in [1.807, 2.05) is 16.1 Å². The third-order valence-electron chi connectivity index (χ3n) is 2.38. The lowest BCUT2D eigenvalue weighted by molar-refractivity contribution is 0.0912. The van der Waals surface area contributed by atoms with Gasteiger partial charge in [-0.25, -0.2) is 4.98 Å². The van der Waals surface area contributed by atoms with Gasteiger partial charge in [0.1, 0.15) is 0 Å². The first-order valence-corrected chi connectivity index (χ1v) is 7.48. The molecule has 0 spiro atoms. The maximum absolute atomic E-state index is 11.7. The maximum atomic E-state index is 11.7. The van der Waals surface area contributed by atoms with Gasteiger partial charge in [-0.05, 0) is 22.0 Å². The zero-order valence-corrected chi connectivity index (χ0v) is 12.6. The van der Waals surface area contributed by atoms with Crippen LogP contribution < -0.4 is 5.32 Å². The molecule has 2 aromatic rings. The second kappa shape index (κ2) is 7.42. The first-order chi connectivity index (χ1) is 9.25. The first-order valence-electron chi connectivity index (χ1n) is 5.81. The molecule has 0 fully saturated rings. The molecule has 1 N–H and O–H groups in total. The molecule has 5 nitrogen and oxygen atoms in total. The number of aromatic nitrogens is 2. The molecule has 0 atom stereocenters. The molecule has 0 radical (unpaired) electrons. The summed E-state index contributed by atoms with van der Waals surface area (Å²) in [5, 5.41) is 4.70. The number of amides is 1. The van der Waals surface area contributed by atoms with E-state index >= 15 is 0 Å². The lowest BCUT2D eigenvalue weighted by Gasteiger charge is -2.06. The summed E-state index contributed by atoms with van der Waals surface area (Å²) in [6.45, 7) is 2.40. The van der Waals surface area contributed by atoms with E-state index in [9.17, 15) is 4.79 Å². The molecule has 19 heavy (non-hydrogen) atoms. The maximum Gasteiger partial charge on any atom is 0.261 e. The number of carbonyl (C=O) groups excluding carboxylic acids is 1. The lowest BCUT2D eigenvalue weighted by Crippen LogP contribution is -2.26. The Morgan fingerprint density at radius 1 is 1.53 bits per heavy atom. The second-order valence-electron chi connectivity index (χ2n) is 3.80. The van der Waals surface area contributed by atoms with Crippen molar-refractivity contribution in [2.75, 3.05) is 19.8 Å². The van der Waals surface area contributed by atoms with Gasteiger partial charge in [0.2, 0.25) is 0 Å². The van der Waals surface area contributed by atoms with Gasteiger partial charge in [-0.1, -0.05) is 0 Å². The predicted octanol–water partition coefficient (Wildman–Crippen LogP) is 2.15. The molecule has 0 aliphatic carbocycles. The lowest BCUT2D eigenvalue weighted by atomic mass is 10.4. The SMILES string of the molecule is O=C(NCCOCCn1ccnc1)c1cc(Br)cs1. The van der Waals surface area contributed by atoms with Gasteiger partial charge in [0, 0.05) is 35.3 Å². The predicted molar refractivity (Wildman–Crippen MR) is 77.4 cm³/mol. The molecular formula is C12H14BrN3O2S. The summed E-state index contributed by atoms with van der Waals surface area (Å²) < 4.78 is 8.31. The van der Waals surface area contributed by atoms with E-state index in [0.717, 1.165) is 11.0 Å². The molecule has 2 aromatic heterocycles. The zero-order chi connectivity index (χ0) is 13.5. The van der Waals surface area contributed by atoms with E-state index in [1.165, 1.54) is 11.3 Å². The van der Waals surface area contributed by atoms with Gasteiger partial charge in [-0.3, -0.25) is 4.79 Å². The minimum Gasteiger partial charge on any atom is -0.378 e. The summed E-state index contributed by atoms with van der Waals surface area (Å²) in [5.41, 5.74) is 0. The quantitative estimate of drug-likeness (QED) is 0.783. The van der Waals surface area contributed by atoms with E-state index in [1.54, 1.807) is 18.6 Å². The van der Waals surface area contributed by atoms with Crippen molar-refractivity contribution in [1.82, 2.24) is 14.9 Å². The molecule has 0 aliphatic rings. The molecular weight excluding hydrogens is 330 g/mol. The van der Waals surface area contributed by atoms with Gasteiger partial charge < -0.3 is 14.6 Å². The van der Waals surface area contributed by atoms with Crippen LogP contribution in [0.15, 0.2) is 34.6 Å². The minimum absolute atomic E-state index is 0.0612. The van der Waals surface area contributed by atoms with Gasteiger partial charge in [-0.15, -0.1) is 11.3 Å². The van der Waals surface area contributed by atoms with Crippen molar-refractivity contribution in [1.29, 1.82) is 0 Å². The number of thiophene rings is 1. The number of hydrogen-bond acceptors (Lipinski definition) is 4. The van der Waals surface area contributed by atoms with Gasteiger partial charge in [0.15, 0.2) is 0 Å². The van der Waals surface area contributed by atoms with Crippen LogP contribution in [0.3, 0.4) is 0 Å². The molecule has 0 aliphatic heterocycles. The van der Waals surface area contributed by atoms with Crippen LogP contribution in [-0.4, -0.2) is 35.2 Å². The number of rotatable bonds is 7. The van der Waals surface area contributed by atoms with E-state index in [4.69, 9.17) is 4.74 Å². The fourth-order valence-electron chi connectivity index (χ4n) is 1.45. The topological polar surface area (TPSA) is 56.1 Å². The van der Waals surface area contributed by atoms with Crippen LogP contribution in [0, 0.1) is 0 Å². The first kappa shape index (κ1) is 14.2. The van der Waals surface area contributed by atoms with Crippen molar-refractivity contribution in [3.8, 4) is 0 Å². The monoisotopic (exact) mass is 343 g/mol. The van der Waals surface area contributed by atoms with Gasteiger partial charge in [0.25, 0.3) is 5.91 Å². The fraction of sp³-hybridized carbons (Fsp3) is 0.333. The van der Waals surface area contributed by atoms with E-state index in [2.05, 4.69) is 26.2 Å². The van der Waals surface area contributed by atoms with E-state index in [0.29, 0.717) is 24.6 Å². The number of imidazole rings is 1. The molecule has 7 heteroatoms. The molecule has 2 rings (SSSR count).